The number of ether oxygens (including phenoxy) is 1. The maximum Gasteiger partial charge on any atom is 0.0829 e. The summed E-state index contributed by atoms with van der Waals surface area (Å²) in [7, 11) is 2.07. The fraction of sp³-hybridized carbons (Fsp3) is 1.00. The van der Waals surface area contributed by atoms with Gasteiger partial charge in [-0.05, 0) is 46.8 Å². The first-order chi connectivity index (χ1) is 8.69. The standard InChI is InChI=1S/C14H29N3O/c1-12(2)17-8-9-18-14(11-17)10-16-6-4-13(15-3)5-7-16/h12-15H,4-11H2,1-3H3. The van der Waals surface area contributed by atoms with E-state index in [-0.39, 0.29) is 0 Å². The second kappa shape index (κ2) is 6.85. The van der Waals surface area contributed by atoms with Crippen molar-refractivity contribution in [1.29, 1.82) is 0 Å². The number of nitrogens with zero attached hydrogens (tertiary/aromatic N) is 2. The Morgan fingerprint density at radius 1 is 1.22 bits per heavy atom. The van der Waals surface area contributed by atoms with Gasteiger partial charge in [0.1, 0.15) is 0 Å². The molecule has 0 bridgehead atoms. The lowest BCUT2D eigenvalue weighted by atomic mass is 10.0. The van der Waals surface area contributed by atoms with E-state index in [9.17, 15) is 0 Å². The fourth-order valence-corrected chi connectivity index (χ4v) is 3.01. The topological polar surface area (TPSA) is 27.7 Å². The lowest BCUT2D eigenvalue weighted by Gasteiger charge is -2.39. The molecule has 2 aliphatic rings. The monoisotopic (exact) mass is 255 g/mol. The quantitative estimate of drug-likeness (QED) is 0.803. The van der Waals surface area contributed by atoms with E-state index < -0.39 is 0 Å². The molecule has 0 saturated carbocycles. The van der Waals surface area contributed by atoms with Crippen LogP contribution >= 0.6 is 0 Å². The van der Waals surface area contributed by atoms with Crippen molar-refractivity contribution >= 4 is 0 Å². The van der Waals surface area contributed by atoms with Crippen LogP contribution in [0.2, 0.25) is 0 Å². The van der Waals surface area contributed by atoms with Gasteiger partial charge in [-0.2, -0.15) is 0 Å². The van der Waals surface area contributed by atoms with Gasteiger partial charge in [0.15, 0.2) is 0 Å². The Labute approximate surface area is 112 Å². The summed E-state index contributed by atoms with van der Waals surface area (Å²) in [5.74, 6) is 0. The predicted octanol–water partition coefficient (Wildman–Crippen LogP) is 0.779. The van der Waals surface area contributed by atoms with E-state index in [0.717, 1.165) is 32.3 Å². The summed E-state index contributed by atoms with van der Waals surface area (Å²) in [6.07, 6.45) is 2.96. The molecule has 2 heterocycles. The summed E-state index contributed by atoms with van der Waals surface area (Å²) in [4.78, 5) is 5.11. The molecule has 0 aliphatic carbocycles. The molecule has 2 rings (SSSR count). The van der Waals surface area contributed by atoms with Gasteiger partial charge in [0.25, 0.3) is 0 Å². The lowest BCUT2D eigenvalue weighted by molar-refractivity contribution is -0.0544. The van der Waals surface area contributed by atoms with Crippen molar-refractivity contribution in [3.63, 3.8) is 0 Å². The summed E-state index contributed by atoms with van der Waals surface area (Å²) in [6, 6.07) is 1.37. The second-order valence-corrected chi connectivity index (χ2v) is 5.95. The van der Waals surface area contributed by atoms with Crippen LogP contribution in [0.4, 0.5) is 0 Å². The molecule has 4 nitrogen and oxygen atoms in total. The van der Waals surface area contributed by atoms with Gasteiger partial charge in [-0.3, -0.25) is 4.90 Å². The van der Waals surface area contributed by atoms with Crippen LogP contribution in [0.25, 0.3) is 0 Å². The maximum absolute atomic E-state index is 5.92. The predicted molar refractivity (Wildman–Crippen MR) is 75.0 cm³/mol. The summed E-state index contributed by atoms with van der Waals surface area (Å²) in [5.41, 5.74) is 0. The van der Waals surface area contributed by atoms with Crippen molar-refractivity contribution in [2.24, 2.45) is 0 Å². The van der Waals surface area contributed by atoms with E-state index in [1.807, 2.05) is 0 Å². The first kappa shape index (κ1) is 14.3. The third kappa shape index (κ3) is 3.92. The van der Waals surface area contributed by atoms with Gasteiger partial charge in [0, 0.05) is 31.7 Å². The van der Waals surface area contributed by atoms with Gasteiger partial charge in [-0.15, -0.1) is 0 Å². The Bertz CT molecular complexity index is 239. The highest BCUT2D eigenvalue weighted by Crippen LogP contribution is 2.14. The minimum absolute atomic E-state index is 0.410. The van der Waals surface area contributed by atoms with Crippen LogP contribution in [0.5, 0.6) is 0 Å². The zero-order valence-electron chi connectivity index (χ0n) is 12.2. The van der Waals surface area contributed by atoms with E-state index in [1.165, 1.54) is 25.9 Å². The van der Waals surface area contributed by atoms with Gasteiger partial charge >= 0.3 is 0 Å². The molecule has 0 aromatic rings. The van der Waals surface area contributed by atoms with E-state index in [4.69, 9.17) is 4.74 Å². The number of nitrogens with one attached hydrogen (secondary N) is 1. The number of morpholine rings is 1. The van der Waals surface area contributed by atoms with E-state index >= 15 is 0 Å². The number of hydrogen-bond donors (Lipinski definition) is 1. The van der Waals surface area contributed by atoms with Crippen molar-refractivity contribution in [2.75, 3.05) is 46.4 Å². The average Bonchev–Trinajstić information content (AvgIpc) is 2.40. The van der Waals surface area contributed by atoms with Gasteiger partial charge in [0.05, 0.1) is 12.7 Å². The van der Waals surface area contributed by atoms with Gasteiger partial charge < -0.3 is 15.0 Å². The average molecular weight is 255 g/mol. The van der Waals surface area contributed by atoms with Crippen molar-refractivity contribution in [2.45, 2.75) is 44.9 Å². The number of rotatable bonds is 4. The molecule has 0 spiro atoms. The zero-order valence-corrected chi connectivity index (χ0v) is 12.2. The highest BCUT2D eigenvalue weighted by molar-refractivity contribution is 4.81. The van der Waals surface area contributed by atoms with Gasteiger partial charge in [-0.1, -0.05) is 0 Å². The van der Waals surface area contributed by atoms with Crippen molar-refractivity contribution in [3.8, 4) is 0 Å². The van der Waals surface area contributed by atoms with Crippen LogP contribution in [-0.4, -0.2) is 74.4 Å². The van der Waals surface area contributed by atoms with Crippen LogP contribution in [0.15, 0.2) is 0 Å². The van der Waals surface area contributed by atoms with Gasteiger partial charge in [0.2, 0.25) is 0 Å². The fourth-order valence-electron chi connectivity index (χ4n) is 3.01. The molecule has 0 radical (unpaired) electrons. The zero-order chi connectivity index (χ0) is 13.0. The van der Waals surface area contributed by atoms with Crippen LogP contribution in [0.1, 0.15) is 26.7 Å². The molecule has 2 saturated heterocycles. The maximum atomic E-state index is 5.92. The number of hydrogen-bond acceptors (Lipinski definition) is 4. The summed E-state index contributed by atoms with van der Waals surface area (Å²) < 4.78 is 5.92. The molecule has 4 heteroatoms. The Kier molecular flexibility index (Phi) is 5.42. The highest BCUT2D eigenvalue weighted by Gasteiger charge is 2.26. The Balaban J connectivity index is 1.73. The minimum atomic E-state index is 0.410. The lowest BCUT2D eigenvalue weighted by Crippen LogP contribution is -2.51. The first-order valence-electron chi connectivity index (χ1n) is 7.44. The first-order valence-corrected chi connectivity index (χ1v) is 7.44. The third-order valence-corrected chi connectivity index (χ3v) is 4.36. The molecule has 106 valence electrons. The summed E-state index contributed by atoms with van der Waals surface area (Å²) in [5, 5.41) is 3.38. The number of likely N-dealkylation sites (tertiary alicyclic amines) is 1. The van der Waals surface area contributed by atoms with Crippen molar-refractivity contribution < 1.29 is 4.74 Å². The molecule has 1 atom stereocenters. The van der Waals surface area contributed by atoms with Gasteiger partial charge in [-0.25, -0.2) is 0 Å². The number of piperidine rings is 1. The molecule has 18 heavy (non-hydrogen) atoms. The Hall–Kier alpha value is -0.160. The largest absolute Gasteiger partial charge is 0.374 e. The molecule has 0 aromatic carbocycles. The smallest absolute Gasteiger partial charge is 0.0829 e. The SMILES string of the molecule is CNC1CCN(CC2CN(C(C)C)CCO2)CC1. The molecule has 2 aliphatic heterocycles. The summed E-state index contributed by atoms with van der Waals surface area (Å²) >= 11 is 0. The Morgan fingerprint density at radius 3 is 2.56 bits per heavy atom. The molecule has 1 unspecified atom stereocenters. The molecule has 0 aromatic heterocycles. The van der Waals surface area contributed by atoms with Crippen molar-refractivity contribution in [3.05, 3.63) is 0 Å². The molecule has 0 amide bonds. The normalized spacial score (nSPS) is 29.0. The highest BCUT2D eigenvalue weighted by atomic mass is 16.5. The van der Waals surface area contributed by atoms with Crippen LogP contribution in [0.3, 0.4) is 0 Å². The van der Waals surface area contributed by atoms with Crippen molar-refractivity contribution in [1.82, 2.24) is 15.1 Å². The van der Waals surface area contributed by atoms with E-state index in [0.29, 0.717) is 12.1 Å². The molecular formula is C14H29N3O. The van der Waals surface area contributed by atoms with E-state index in [2.05, 4.69) is 36.0 Å². The summed E-state index contributed by atoms with van der Waals surface area (Å²) in [6.45, 7) is 11.2. The minimum Gasteiger partial charge on any atom is -0.374 e. The molecular weight excluding hydrogens is 226 g/mol. The van der Waals surface area contributed by atoms with Crippen LogP contribution in [0, 0.1) is 0 Å². The second-order valence-electron chi connectivity index (χ2n) is 5.95. The molecule has 1 N–H and O–H groups in total. The van der Waals surface area contributed by atoms with Crippen LogP contribution in [-0.2, 0) is 4.74 Å². The molecule has 2 fully saturated rings. The van der Waals surface area contributed by atoms with Crippen LogP contribution < -0.4 is 5.32 Å². The Morgan fingerprint density at radius 2 is 1.94 bits per heavy atom. The van der Waals surface area contributed by atoms with E-state index in [1.54, 1.807) is 0 Å². The third-order valence-electron chi connectivity index (χ3n) is 4.36.